The predicted octanol–water partition coefficient (Wildman–Crippen LogP) is 3.66. The molecule has 0 aromatic heterocycles. The van der Waals surface area contributed by atoms with Gasteiger partial charge in [0.1, 0.15) is 6.07 Å². The number of hydrogen-bond acceptors (Lipinski definition) is 3. The molecule has 1 aromatic rings. The molecular formula is C9H8ClNS2. The SMILES string of the molecule is CSc1c(Cl)ccc(C#N)c1SC. The van der Waals surface area contributed by atoms with Gasteiger partial charge in [-0.2, -0.15) is 5.26 Å². The van der Waals surface area contributed by atoms with Gasteiger partial charge in [0.25, 0.3) is 0 Å². The maximum Gasteiger partial charge on any atom is 0.100 e. The maximum atomic E-state index is 8.84. The summed E-state index contributed by atoms with van der Waals surface area (Å²) in [6, 6.07) is 5.68. The number of hydrogen-bond donors (Lipinski definition) is 0. The molecule has 1 nitrogen and oxygen atoms in total. The normalized spacial score (nSPS) is 9.69. The summed E-state index contributed by atoms with van der Waals surface area (Å²) in [5.74, 6) is 0. The number of nitriles is 1. The van der Waals surface area contributed by atoms with Crippen LogP contribution < -0.4 is 0 Å². The molecule has 0 amide bonds. The zero-order valence-corrected chi connectivity index (χ0v) is 9.69. The van der Waals surface area contributed by atoms with Crippen molar-refractivity contribution < 1.29 is 0 Å². The van der Waals surface area contributed by atoms with E-state index in [9.17, 15) is 0 Å². The molecular weight excluding hydrogens is 222 g/mol. The molecule has 13 heavy (non-hydrogen) atoms. The van der Waals surface area contributed by atoms with Gasteiger partial charge in [-0.3, -0.25) is 0 Å². The second-order valence-corrected chi connectivity index (χ2v) is 4.31. The minimum absolute atomic E-state index is 0.696. The highest BCUT2D eigenvalue weighted by Gasteiger charge is 2.10. The molecule has 0 spiro atoms. The van der Waals surface area contributed by atoms with Crippen LogP contribution in [0.2, 0.25) is 5.02 Å². The summed E-state index contributed by atoms with van der Waals surface area (Å²) in [6.07, 6.45) is 3.91. The molecule has 0 radical (unpaired) electrons. The average molecular weight is 230 g/mol. The van der Waals surface area contributed by atoms with Crippen molar-refractivity contribution in [2.24, 2.45) is 0 Å². The maximum absolute atomic E-state index is 8.84. The first-order chi connectivity index (χ1) is 6.24. The first-order valence-electron chi connectivity index (χ1n) is 3.55. The number of benzene rings is 1. The quantitative estimate of drug-likeness (QED) is 0.724. The fourth-order valence-corrected chi connectivity index (χ4v) is 3.15. The highest BCUT2D eigenvalue weighted by Crippen LogP contribution is 2.36. The van der Waals surface area contributed by atoms with Gasteiger partial charge in [-0.05, 0) is 24.6 Å². The van der Waals surface area contributed by atoms with Crippen molar-refractivity contribution in [2.75, 3.05) is 12.5 Å². The van der Waals surface area contributed by atoms with Gasteiger partial charge in [-0.1, -0.05) is 11.6 Å². The molecule has 1 rings (SSSR count). The Labute approximate surface area is 91.5 Å². The summed E-state index contributed by atoms with van der Waals surface area (Å²) in [6.45, 7) is 0. The third kappa shape index (κ3) is 2.14. The monoisotopic (exact) mass is 229 g/mol. The molecule has 0 saturated heterocycles. The van der Waals surface area contributed by atoms with Crippen molar-refractivity contribution in [1.29, 1.82) is 5.26 Å². The van der Waals surface area contributed by atoms with Crippen LogP contribution in [0.4, 0.5) is 0 Å². The molecule has 0 aliphatic rings. The van der Waals surface area contributed by atoms with Crippen LogP contribution >= 0.6 is 35.1 Å². The van der Waals surface area contributed by atoms with Crippen LogP contribution in [0, 0.1) is 11.3 Å². The summed E-state index contributed by atoms with van der Waals surface area (Å²) in [5, 5.41) is 9.56. The minimum atomic E-state index is 0.696. The van der Waals surface area contributed by atoms with Crippen molar-refractivity contribution in [1.82, 2.24) is 0 Å². The van der Waals surface area contributed by atoms with Crippen LogP contribution in [0.25, 0.3) is 0 Å². The molecule has 0 heterocycles. The van der Waals surface area contributed by atoms with Gasteiger partial charge in [-0.25, -0.2) is 0 Å². The van der Waals surface area contributed by atoms with Crippen molar-refractivity contribution in [3.8, 4) is 6.07 Å². The van der Waals surface area contributed by atoms with E-state index in [1.807, 2.05) is 12.5 Å². The van der Waals surface area contributed by atoms with E-state index in [0.717, 1.165) is 14.8 Å². The number of halogens is 1. The van der Waals surface area contributed by atoms with E-state index in [-0.39, 0.29) is 0 Å². The molecule has 0 atom stereocenters. The second kappa shape index (κ2) is 4.80. The van der Waals surface area contributed by atoms with Crippen molar-refractivity contribution in [3.05, 3.63) is 22.7 Å². The molecule has 0 bridgehead atoms. The Bertz CT molecular complexity index is 357. The molecule has 0 aliphatic heterocycles. The third-order valence-corrected chi connectivity index (χ3v) is 3.81. The Balaban J connectivity index is 3.38. The largest absolute Gasteiger partial charge is 0.192 e. The van der Waals surface area contributed by atoms with Gasteiger partial charge in [0.05, 0.1) is 10.6 Å². The third-order valence-electron chi connectivity index (χ3n) is 1.59. The molecule has 0 aliphatic carbocycles. The number of rotatable bonds is 2. The van der Waals surface area contributed by atoms with Crippen LogP contribution in [0.3, 0.4) is 0 Å². The van der Waals surface area contributed by atoms with E-state index in [1.165, 1.54) is 0 Å². The summed E-state index contributed by atoms with van der Waals surface area (Å²) in [4.78, 5) is 1.97. The van der Waals surface area contributed by atoms with Crippen molar-refractivity contribution in [3.63, 3.8) is 0 Å². The minimum Gasteiger partial charge on any atom is -0.192 e. The first-order valence-corrected chi connectivity index (χ1v) is 6.38. The fraction of sp³-hybridized carbons (Fsp3) is 0.222. The number of nitrogens with zero attached hydrogens (tertiary/aromatic N) is 1. The Kier molecular flexibility index (Phi) is 3.98. The Hall–Kier alpha value is -0.300. The summed E-state index contributed by atoms with van der Waals surface area (Å²) in [7, 11) is 0. The van der Waals surface area contributed by atoms with Crippen LogP contribution in [0.15, 0.2) is 21.9 Å². The molecule has 68 valence electrons. The van der Waals surface area contributed by atoms with Crippen LogP contribution in [0.5, 0.6) is 0 Å². The highest BCUT2D eigenvalue weighted by molar-refractivity contribution is 8.01. The van der Waals surface area contributed by atoms with E-state index >= 15 is 0 Å². The molecule has 4 heteroatoms. The lowest BCUT2D eigenvalue weighted by Crippen LogP contribution is -1.85. The molecule has 0 fully saturated rings. The van der Waals surface area contributed by atoms with E-state index < -0.39 is 0 Å². The van der Waals surface area contributed by atoms with Gasteiger partial charge in [0.2, 0.25) is 0 Å². The number of thioether (sulfide) groups is 2. The van der Waals surface area contributed by atoms with E-state index in [4.69, 9.17) is 16.9 Å². The zero-order chi connectivity index (χ0) is 9.84. The lowest BCUT2D eigenvalue weighted by Gasteiger charge is -2.07. The van der Waals surface area contributed by atoms with Crippen LogP contribution in [0.1, 0.15) is 5.56 Å². The Morgan fingerprint density at radius 3 is 2.31 bits per heavy atom. The van der Waals surface area contributed by atoms with E-state index in [1.54, 1.807) is 35.7 Å². The van der Waals surface area contributed by atoms with Crippen molar-refractivity contribution in [2.45, 2.75) is 9.79 Å². The topological polar surface area (TPSA) is 23.8 Å². The molecule has 1 aromatic carbocycles. The summed E-state index contributed by atoms with van der Waals surface area (Å²) >= 11 is 9.12. The average Bonchev–Trinajstić information content (AvgIpc) is 2.17. The van der Waals surface area contributed by atoms with Gasteiger partial charge >= 0.3 is 0 Å². The summed E-state index contributed by atoms with van der Waals surface area (Å²) in [5.41, 5.74) is 0.696. The van der Waals surface area contributed by atoms with Gasteiger partial charge in [0, 0.05) is 9.79 Å². The Morgan fingerprint density at radius 2 is 1.85 bits per heavy atom. The lowest BCUT2D eigenvalue weighted by molar-refractivity contribution is 1.22. The lowest BCUT2D eigenvalue weighted by atomic mass is 10.2. The smallest absolute Gasteiger partial charge is 0.100 e. The highest BCUT2D eigenvalue weighted by atomic mass is 35.5. The van der Waals surface area contributed by atoms with Crippen LogP contribution in [-0.2, 0) is 0 Å². The summed E-state index contributed by atoms with van der Waals surface area (Å²) < 4.78 is 0. The van der Waals surface area contributed by atoms with Gasteiger partial charge < -0.3 is 0 Å². The van der Waals surface area contributed by atoms with Crippen molar-refractivity contribution >= 4 is 35.1 Å². The molecule has 0 saturated carbocycles. The second-order valence-electron chi connectivity index (χ2n) is 2.27. The standard InChI is InChI=1S/C9H8ClNS2/c1-12-8-6(5-11)3-4-7(10)9(8)13-2/h3-4H,1-2H3. The van der Waals surface area contributed by atoms with Crippen LogP contribution in [-0.4, -0.2) is 12.5 Å². The zero-order valence-electron chi connectivity index (χ0n) is 7.30. The van der Waals surface area contributed by atoms with E-state index in [2.05, 4.69) is 6.07 Å². The molecule has 0 N–H and O–H groups in total. The first kappa shape index (κ1) is 10.8. The Morgan fingerprint density at radius 1 is 1.23 bits per heavy atom. The van der Waals surface area contributed by atoms with Gasteiger partial charge in [0.15, 0.2) is 0 Å². The van der Waals surface area contributed by atoms with E-state index in [0.29, 0.717) is 5.56 Å². The van der Waals surface area contributed by atoms with Gasteiger partial charge in [-0.15, -0.1) is 23.5 Å². The molecule has 0 unspecified atom stereocenters. The predicted molar refractivity (Wildman–Crippen MR) is 59.7 cm³/mol. The fourth-order valence-electron chi connectivity index (χ4n) is 1.02.